The molecule has 21 heavy (non-hydrogen) atoms. The molecule has 2 unspecified atom stereocenters. The minimum atomic E-state index is -0.898. The molecule has 0 aliphatic carbocycles. The van der Waals surface area contributed by atoms with Crippen LogP contribution in [-0.4, -0.2) is 52.7 Å². The summed E-state index contributed by atoms with van der Waals surface area (Å²) >= 11 is 1.39. The molecule has 1 aromatic rings. The van der Waals surface area contributed by atoms with Gasteiger partial charge in [0.1, 0.15) is 4.88 Å². The number of hydrogen-bond acceptors (Lipinski definition) is 5. The molecule has 0 radical (unpaired) electrons. The number of aliphatic carboxylic acids is 1. The van der Waals surface area contributed by atoms with E-state index in [9.17, 15) is 9.59 Å². The zero-order valence-electron chi connectivity index (χ0n) is 12.2. The smallest absolute Gasteiger partial charge is 0.305 e. The van der Waals surface area contributed by atoms with Crippen molar-refractivity contribution in [2.75, 3.05) is 13.7 Å². The Labute approximate surface area is 127 Å². The predicted octanol–water partition coefficient (Wildman–Crippen LogP) is 1.80. The van der Waals surface area contributed by atoms with Gasteiger partial charge in [0.15, 0.2) is 0 Å². The number of carbonyl (C=O) groups is 2. The molecule has 1 aliphatic rings. The van der Waals surface area contributed by atoms with Gasteiger partial charge in [0.05, 0.1) is 23.7 Å². The van der Waals surface area contributed by atoms with Crippen LogP contribution < -0.4 is 0 Å². The van der Waals surface area contributed by atoms with Crippen molar-refractivity contribution in [1.82, 2.24) is 9.88 Å². The Hall–Kier alpha value is -1.47. The van der Waals surface area contributed by atoms with E-state index < -0.39 is 5.97 Å². The maximum absolute atomic E-state index is 12.6. The summed E-state index contributed by atoms with van der Waals surface area (Å²) in [6, 6.07) is -0.309. The molecule has 116 valence electrons. The Kier molecular flexibility index (Phi) is 5.30. The average molecular weight is 312 g/mol. The van der Waals surface area contributed by atoms with E-state index in [1.54, 1.807) is 18.2 Å². The van der Waals surface area contributed by atoms with Gasteiger partial charge in [0.25, 0.3) is 5.91 Å². The molecule has 2 atom stereocenters. The molecule has 1 N–H and O–H groups in total. The molecule has 6 nitrogen and oxygen atoms in total. The summed E-state index contributed by atoms with van der Waals surface area (Å²) in [5, 5.41) is 9.93. The van der Waals surface area contributed by atoms with E-state index in [0.717, 1.165) is 17.8 Å². The van der Waals surface area contributed by atoms with Crippen LogP contribution in [0.1, 0.15) is 40.9 Å². The van der Waals surface area contributed by atoms with Gasteiger partial charge in [0, 0.05) is 19.7 Å². The highest BCUT2D eigenvalue weighted by molar-refractivity contribution is 7.13. The number of carbonyl (C=O) groups excluding carboxylic acids is 1. The zero-order valence-corrected chi connectivity index (χ0v) is 13.1. The van der Waals surface area contributed by atoms with Crippen molar-refractivity contribution in [3.63, 3.8) is 0 Å². The van der Waals surface area contributed by atoms with Gasteiger partial charge >= 0.3 is 5.97 Å². The molecule has 2 rings (SSSR count). The minimum Gasteiger partial charge on any atom is -0.481 e. The molecule has 0 spiro atoms. The number of aryl methyl sites for hydroxylation is 1. The number of methoxy groups -OCH3 is 1. The van der Waals surface area contributed by atoms with Crippen LogP contribution in [-0.2, 0) is 16.0 Å². The third kappa shape index (κ3) is 3.79. The second-order valence-electron chi connectivity index (χ2n) is 5.17. The van der Waals surface area contributed by atoms with Crippen molar-refractivity contribution in [1.29, 1.82) is 0 Å². The van der Waals surface area contributed by atoms with Crippen LogP contribution in [0.3, 0.4) is 0 Å². The summed E-state index contributed by atoms with van der Waals surface area (Å²) in [6.45, 7) is 2.50. The van der Waals surface area contributed by atoms with Crippen molar-refractivity contribution in [3.05, 3.63) is 16.1 Å². The average Bonchev–Trinajstić information content (AvgIpc) is 3.05. The number of carboxylic acid groups (broad SMARTS) is 1. The van der Waals surface area contributed by atoms with E-state index in [2.05, 4.69) is 11.9 Å². The molecule has 0 saturated carbocycles. The lowest BCUT2D eigenvalue weighted by atomic mass is 10.1. The Morgan fingerprint density at radius 2 is 2.33 bits per heavy atom. The summed E-state index contributed by atoms with van der Waals surface area (Å²) in [6.07, 6.45) is 3.86. The van der Waals surface area contributed by atoms with Crippen LogP contribution >= 0.6 is 11.3 Å². The molecule has 7 heteroatoms. The molecular formula is C14H20N2O4S. The molecule has 1 fully saturated rings. The Morgan fingerprint density at radius 1 is 1.57 bits per heavy atom. The van der Waals surface area contributed by atoms with Crippen molar-refractivity contribution in [3.8, 4) is 0 Å². The number of thiazole rings is 1. The zero-order chi connectivity index (χ0) is 15.4. The van der Waals surface area contributed by atoms with Gasteiger partial charge in [-0.05, 0) is 19.3 Å². The van der Waals surface area contributed by atoms with E-state index in [1.807, 2.05) is 0 Å². The van der Waals surface area contributed by atoms with E-state index in [0.29, 0.717) is 17.8 Å². The van der Waals surface area contributed by atoms with Crippen LogP contribution in [0.5, 0.6) is 0 Å². The summed E-state index contributed by atoms with van der Waals surface area (Å²) in [4.78, 5) is 30.0. The predicted molar refractivity (Wildman–Crippen MR) is 78.6 cm³/mol. The first kappa shape index (κ1) is 15.9. The lowest BCUT2D eigenvalue weighted by Crippen LogP contribution is -2.36. The Morgan fingerprint density at radius 3 is 2.95 bits per heavy atom. The number of carboxylic acids is 1. The molecule has 0 aromatic carbocycles. The van der Waals surface area contributed by atoms with Crippen LogP contribution in [0, 0.1) is 0 Å². The highest BCUT2D eigenvalue weighted by Crippen LogP contribution is 2.26. The third-order valence-corrected chi connectivity index (χ3v) is 4.65. The van der Waals surface area contributed by atoms with Gasteiger partial charge in [-0.1, -0.05) is 6.92 Å². The van der Waals surface area contributed by atoms with Crippen molar-refractivity contribution >= 4 is 23.2 Å². The Balaban J connectivity index is 2.12. The number of aromatic nitrogens is 1. The molecule has 2 heterocycles. The normalized spacial score (nSPS) is 21.7. The van der Waals surface area contributed by atoms with E-state index in [-0.39, 0.29) is 24.5 Å². The fourth-order valence-electron chi connectivity index (χ4n) is 2.57. The van der Waals surface area contributed by atoms with Gasteiger partial charge in [0.2, 0.25) is 0 Å². The van der Waals surface area contributed by atoms with Gasteiger partial charge < -0.3 is 14.7 Å². The number of hydrogen-bond donors (Lipinski definition) is 1. The first-order valence-corrected chi connectivity index (χ1v) is 7.87. The van der Waals surface area contributed by atoms with E-state index in [4.69, 9.17) is 9.84 Å². The highest BCUT2D eigenvalue weighted by atomic mass is 32.1. The summed E-state index contributed by atoms with van der Waals surface area (Å²) in [5.74, 6) is -1.04. The van der Waals surface area contributed by atoms with Crippen LogP contribution in [0.25, 0.3) is 0 Å². The van der Waals surface area contributed by atoms with Crippen LogP contribution in [0.15, 0.2) is 6.20 Å². The lowest BCUT2D eigenvalue weighted by molar-refractivity contribution is -0.137. The quantitative estimate of drug-likeness (QED) is 0.866. The fourth-order valence-corrected chi connectivity index (χ4v) is 3.54. The topological polar surface area (TPSA) is 79.7 Å². The molecular weight excluding hydrogens is 292 g/mol. The maximum Gasteiger partial charge on any atom is 0.305 e. The van der Waals surface area contributed by atoms with Crippen molar-refractivity contribution in [2.24, 2.45) is 0 Å². The highest BCUT2D eigenvalue weighted by Gasteiger charge is 2.37. The number of nitrogens with zero attached hydrogens (tertiary/aromatic N) is 2. The fraction of sp³-hybridized carbons (Fsp3) is 0.643. The second kappa shape index (κ2) is 7.00. The third-order valence-electron chi connectivity index (χ3n) is 3.61. The number of amides is 1. The van der Waals surface area contributed by atoms with Crippen LogP contribution in [0.2, 0.25) is 0 Å². The Bertz CT molecular complexity index is 517. The number of rotatable bonds is 6. The summed E-state index contributed by atoms with van der Waals surface area (Å²) in [7, 11) is 1.59. The largest absolute Gasteiger partial charge is 0.481 e. The maximum atomic E-state index is 12.6. The molecule has 1 aliphatic heterocycles. The summed E-state index contributed by atoms with van der Waals surface area (Å²) in [5.41, 5.74) is 0. The van der Waals surface area contributed by atoms with E-state index in [1.165, 1.54) is 11.3 Å². The number of ether oxygens (including phenoxy) is 1. The molecule has 0 bridgehead atoms. The number of likely N-dealkylation sites (tertiary alicyclic amines) is 1. The lowest BCUT2D eigenvalue weighted by Gasteiger charge is -2.22. The standard InChI is InChI=1S/C14H20N2O4S/c1-3-4-12-15-7-11(21-12)14(19)16-8-10(20-2)5-9(16)6-13(17)18/h7,9-10H,3-6,8H2,1-2H3,(H,17,18). The van der Waals surface area contributed by atoms with Crippen LogP contribution in [0.4, 0.5) is 0 Å². The molecule has 1 amide bonds. The SMILES string of the molecule is CCCc1ncc(C(=O)N2CC(OC)CC2CC(=O)O)s1. The van der Waals surface area contributed by atoms with Crippen molar-refractivity contribution < 1.29 is 19.4 Å². The monoisotopic (exact) mass is 312 g/mol. The van der Waals surface area contributed by atoms with Crippen molar-refractivity contribution in [2.45, 2.75) is 44.8 Å². The van der Waals surface area contributed by atoms with Gasteiger partial charge in [-0.15, -0.1) is 11.3 Å². The van der Waals surface area contributed by atoms with Gasteiger partial charge in [-0.3, -0.25) is 9.59 Å². The van der Waals surface area contributed by atoms with E-state index >= 15 is 0 Å². The second-order valence-corrected chi connectivity index (χ2v) is 6.29. The van der Waals surface area contributed by atoms with Gasteiger partial charge in [-0.25, -0.2) is 4.98 Å². The molecule has 1 saturated heterocycles. The minimum absolute atomic E-state index is 0.0494. The van der Waals surface area contributed by atoms with Gasteiger partial charge in [-0.2, -0.15) is 0 Å². The first-order valence-electron chi connectivity index (χ1n) is 7.05. The summed E-state index contributed by atoms with van der Waals surface area (Å²) < 4.78 is 5.28. The first-order chi connectivity index (χ1) is 10.0. The molecule has 1 aromatic heterocycles.